The Balaban J connectivity index is 1.34. The molecule has 1 N–H and O–H groups in total. The van der Waals surface area contributed by atoms with Crippen LogP contribution in [0.5, 0.6) is 5.75 Å². The number of sulfonamides is 1. The molecule has 11 heteroatoms. The lowest BCUT2D eigenvalue weighted by Gasteiger charge is -2.35. The highest BCUT2D eigenvalue weighted by Crippen LogP contribution is 2.26. The van der Waals surface area contributed by atoms with Gasteiger partial charge in [-0.25, -0.2) is 0 Å². The average Bonchev–Trinajstić information content (AvgIpc) is 2.99. The Bertz CT molecular complexity index is 1380. The molecule has 4 rings (SSSR count). The second-order valence-corrected chi connectivity index (χ2v) is 11.8. The molecule has 0 aromatic heterocycles. The third-order valence-electron chi connectivity index (χ3n) is 6.74. The van der Waals surface area contributed by atoms with Crippen LogP contribution in [0.4, 0.5) is 5.69 Å². The Hall–Kier alpha value is -3.93. The van der Waals surface area contributed by atoms with E-state index in [-0.39, 0.29) is 22.9 Å². The molecular formula is C30H37N5O5S. The van der Waals surface area contributed by atoms with Gasteiger partial charge in [0.05, 0.1) is 17.1 Å². The normalized spacial score (nSPS) is 14.1. The first kappa shape index (κ1) is 30.0. The summed E-state index contributed by atoms with van der Waals surface area (Å²) in [5.74, 6) is -0.238. The minimum absolute atomic E-state index is 0.0478. The lowest BCUT2D eigenvalue weighted by Crippen LogP contribution is -2.51. The molecule has 3 aromatic carbocycles. The molecule has 0 radical (unpaired) electrons. The summed E-state index contributed by atoms with van der Waals surface area (Å²) in [4.78, 5) is 37.4. The second-order valence-electron chi connectivity index (χ2n) is 10.1. The average molecular weight is 580 g/mol. The third kappa shape index (κ3) is 8.29. The predicted molar refractivity (Wildman–Crippen MR) is 158 cm³/mol. The fourth-order valence-electron chi connectivity index (χ4n) is 4.44. The second kappa shape index (κ2) is 14.1. The van der Waals surface area contributed by atoms with E-state index in [9.17, 15) is 18.0 Å². The number of para-hydroxylation sites is 2. The van der Waals surface area contributed by atoms with Crippen LogP contribution in [0.3, 0.4) is 0 Å². The van der Waals surface area contributed by atoms with Crippen molar-refractivity contribution in [2.24, 2.45) is 0 Å². The Labute approximate surface area is 242 Å². The third-order valence-corrected chi connectivity index (χ3v) is 8.33. The maximum Gasteiger partial charge on any atom is 0.295 e. The van der Waals surface area contributed by atoms with E-state index in [1.807, 2.05) is 0 Å². The number of rotatable bonds is 12. The van der Waals surface area contributed by atoms with Gasteiger partial charge in [0.1, 0.15) is 0 Å². The van der Waals surface area contributed by atoms with Gasteiger partial charge in [-0.15, -0.1) is 0 Å². The summed E-state index contributed by atoms with van der Waals surface area (Å²) < 4.78 is 28.0. The van der Waals surface area contributed by atoms with Gasteiger partial charge >= 0.3 is 0 Å². The van der Waals surface area contributed by atoms with Crippen molar-refractivity contribution >= 4 is 27.5 Å². The molecule has 0 atom stereocenters. The first-order chi connectivity index (χ1) is 19.7. The molecule has 218 valence electrons. The number of hydrogen-bond acceptors (Lipinski definition) is 7. The minimum Gasteiger partial charge on any atom is -0.364 e. The van der Waals surface area contributed by atoms with Crippen molar-refractivity contribution in [2.75, 3.05) is 64.4 Å². The number of nitrogens with zero attached hydrogens (tertiary/aromatic N) is 4. The Morgan fingerprint density at radius 1 is 0.854 bits per heavy atom. The predicted octanol–water partition coefficient (Wildman–Crippen LogP) is 2.70. The van der Waals surface area contributed by atoms with E-state index in [1.54, 1.807) is 65.6 Å². The van der Waals surface area contributed by atoms with Crippen LogP contribution >= 0.6 is 0 Å². The Morgan fingerprint density at radius 3 is 2.07 bits per heavy atom. The van der Waals surface area contributed by atoms with Crippen molar-refractivity contribution in [3.8, 4) is 5.75 Å². The molecule has 0 unspecified atom stereocenters. The standard InChI is InChI=1S/C30H37N5O5S/c1-32(2)18-9-19-33-20-22-34(23-21-33)29(36)24-31-30(37)25-14-16-28(17-15-25)41(38,39)35(26-10-5-3-6-11-26)40-27-12-7-4-8-13-27/h3-8,10-17H,9,18-24H2,1-2H3,(H,31,37). The van der Waals surface area contributed by atoms with Crippen molar-refractivity contribution in [3.63, 3.8) is 0 Å². The topological polar surface area (TPSA) is 102 Å². The van der Waals surface area contributed by atoms with Gasteiger partial charge in [-0.3, -0.25) is 14.5 Å². The van der Waals surface area contributed by atoms with Gasteiger partial charge in [-0.2, -0.15) is 8.42 Å². The van der Waals surface area contributed by atoms with Gasteiger partial charge in [0, 0.05) is 31.7 Å². The quantitative estimate of drug-likeness (QED) is 0.329. The zero-order valence-corrected chi connectivity index (χ0v) is 24.3. The highest BCUT2D eigenvalue weighted by molar-refractivity contribution is 7.92. The molecule has 1 fully saturated rings. The highest BCUT2D eigenvalue weighted by Gasteiger charge is 2.28. The summed E-state index contributed by atoms with van der Waals surface area (Å²) in [6, 6.07) is 22.6. The van der Waals surface area contributed by atoms with Gasteiger partial charge in [-0.1, -0.05) is 40.9 Å². The van der Waals surface area contributed by atoms with E-state index in [2.05, 4.69) is 29.2 Å². The van der Waals surface area contributed by atoms with Crippen LogP contribution in [-0.4, -0.2) is 94.8 Å². The van der Waals surface area contributed by atoms with Crippen LogP contribution in [-0.2, 0) is 14.8 Å². The highest BCUT2D eigenvalue weighted by atomic mass is 32.2. The Kier molecular flexibility index (Phi) is 10.3. The van der Waals surface area contributed by atoms with E-state index in [0.717, 1.165) is 37.1 Å². The number of anilines is 1. The van der Waals surface area contributed by atoms with Crippen LogP contribution < -0.4 is 14.6 Å². The molecule has 1 aliphatic heterocycles. The maximum atomic E-state index is 13.6. The SMILES string of the molecule is CN(C)CCCN1CCN(C(=O)CNC(=O)c2ccc(S(=O)(=O)N(Oc3ccccc3)c3ccccc3)cc2)CC1. The summed E-state index contributed by atoms with van der Waals surface area (Å²) in [5, 5.41) is 2.66. The molecule has 2 amide bonds. The zero-order valence-electron chi connectivity index (χ0n) is 23.5. The molecule has 0 aliphatic carbocycles. The molecule has 41 heavy (non-hydrogen) atoms. The lowest BCUT2D eigenvalue weighted by atomic mass is 10.2. The van der Waals surface area contributed by atoms with Crippen molar-refractivity contribution in [1.82, 2.24) is 20.0 Å². The minimum atomic E-state index is -4.14. The molecule has 1 aliphatic rings. The molecule has 1 heterocycles. The molecule has 3 aromatic rings. The van der Waals surface area contributed by atoms with Gasteiger partial charge in [0.15, 0.2) is 5.75 Å². The van der Waals surface area contributed by atoms with Gasteiger partial charge in [0.2, 0.25) is 5.91 Å². The van der Waals surface area contributed by atoms with Crippen LogP contribution in [0, 0.1) is 0 Å². The number of piperazine rings is 1. The van der Waals surface area contributed by atoms with Gasteiger partial charge < -0.3 is 20.0 Å². The lowest BCUT2D eigenvalue weighted by molar-refractivity contribution is -0.131. The zero-order chi connectivity index (χ0) is 29.2. The summed E-state index contributed by atoms with van der Waals surface area (Å²) in [7, 11) is -0.0210. The smallest absolute Gasteiger partial charge is 0.295 e. The fraction of sp³-hybridized carbons (Fsp3) is 0.333. The van der Waals surface area contributed by atoms with Crippen LogP contribution in [0.2, 0.25) is 0 Å². The van der Waals surface area contributed by atoms with E-state index in [1.165, 1.54) is 24.3 Å². The van der Waals surface area contributed by atoms with E-state index >= 15 is 0 Å². The van der Waals surface area contributed by atoms with Crippen molar-refractivity contribution < 1.29 is 22.8 Å². The number of benzene rings is 3. The summed E-state index contributed by atoms with van der Waals surface area (Å²) >= 11 is 0. The van der Waals surface area contributed by atoms with Crippen molar-refractivity contribution in [3.05, 3.63) is 90.5 Å². The molecule has 1 saturated heterocycles. The summed E-state index contributed by atoms with van der Waals surface area (Å²) in [5.41, 5.74) is 0.573. The molecule has 0 bridgehead atoms. The van der Waals surface area contributed by atoms with Crippen LogP contribution in [0.1, 0.15) is 16.8 Å². The van der Waals surface area contributed by atoms with Gasteiger partial charge in [0.25, 0.3) is 15.9 Å². The number of nitrogens with one attached hydrogen (secondary N) is 1. The Morgan fingerprint density at radius 2 is 1.46 bits per heavy atom. The number of hydrogen-bond donors (Lipinski definition) is 1. The first-order valence-electron chi connectivity index (χ1n) is 13.6. The van der Waals surface area contributed by atoms with Crippen LogP contribution in [0.25, 0.3) is 0 Å². The molecular weight excluding hydrogens is 542 g/mol. The summed E-state index contributed by atoms with van der Waals surface area (Å²) in [6.07, 6.45) is 1.08. The van der Waals surface area contributed by atoms with E-state index in [4.69, 9.17) is 4.84 Å². The van der Waals surface area contributed by atoms with Crippen LogP contribution in [0.15, 0.2) is 89.8 Å². The van der Waals surface area contributed by atoms with Crippen molar-refractivity contribution in [2.45, 2.75) is 11.3 Å². The number of carbonyl (C=O) groups is 2. The summed E-state index contributed by atoms with van der Waals surface area (Å²) in [6.45, 7) is 4.81. The largest absolute Gasteiger partial charge is 0.364 e. The number of amides is 2. The fourth-order valence-corrected chi connectivity index (χ4v) is 5.70. The first-order valence-corrected chi connectivity index (χ1v) is 15.0. The maximum absolute atomic E-state index is 13.6. The monoisotopic (exact) mass is 579 g/mol. The van der Waals surface area contributed by atoms with Gasteiger partial charge in [-0.05, 0) is 82.1 Å². The number of carbonyl (C=O) groups excluding carboxylic acids is 2. The molecule has 0 saturated carbocycles. The van der Waals surface area contributed by atoms with E-state index in [0.29, 0.717) is 24.5 Å². The molecule has 0 spiro atoms. The molecule has 10 nitrogen and oxygen atoms in total. The van der Waals surface area contributed by atoms with E-state index < -0.39 is 15.9 Å². The van der Waals surface area contributed by atoms with Crippen molar-refractivity contribution in [1.29, 1.82) is 0 Å².